The molecule has 17 heavy (non-hydrogen) atoms. The highest BCUT2D eigenvalue weighted by atomic mass is 16.6. The fourth-order valence-corrected chi connectivity index (χ4v) is 1.85. The molecular formula is C11H17NO5. The Balaban J connectivity index is 2.80. The highest BCUT2D eigenvalue weighted by Gasteiger charge is 2.42. The molecule has 1 heterocycles. The molecule has 6 nitrogen and oxygen atoms in total. The van der Waals surface area contributed by atoms with E-state index >= 15 is 0 Å². The Morgan fingerprint density at radius 2 is 1.94 bits per heavy atom. The summed E-state index contributed by atoms with van der Waals surface area (Å²) in [5.41, 5.74) is -0.666. The van der Waals surface area contributed by atoms with Crippen LogP contribution >= 0.6 is 0 Å². The number of carbonyl (C=O) groups is 3. The molecule has 6 heteroatoms. The Kier molecular flexibility index (Phi) is 3.75. The molecule has 1 amide bonds. The molecule has 0 aromatic rings. The van der Waals surface area contributed by atoms with Gasteiger partial charge in [0, 0.05) is 0 Å². The molecular weight excluding hydrogens is 226 g/mol. The number of ether oxygens (including phenoxy) is 1. The van der Waals surface area contributed by atoms with Crippen molar-refractivity contribution in [2.24, 2.45) is 0 Å². The second kappa shape index (κ2) is 4.73. The van der Waals surface area contributed by atoms with Crippen molar-refractivity contribution < 1.29 is 24.2 Å². The largest absolute Gasteiger partial charge is 0.465 e. The Hall–Kier alpha value is -1.59. The molecule has 2 unspecified atom stereocenters. The highest BCUT2D eigenvalue weighted by Crippen LogP contribution is 2.25. The van der Waals surface area contributed by atoms with E-state index in [4.69, 9.17) is 9.84 Å². The average molecular weight is 243 g/mol. The van der Waals surface area contributed by atoms with E-state index in [-0.39, 0.29) is 0 Å². The minimum absolute atomic E-state index is 0.324. The summed E-state index contributed by atoms with van der Waals surface area (Å²) in [5, 5.41) is 8.99. The lowest BCUT2D eigenvalue weighted by molar-refractivity contribution is -0.160. The second-order valence-electron chi connectivity index (χ2n) is 5.02. The summed E-state index contributed by atoms with van der Waals surface area (Å²) >= 11 is 0. The first kappa shape index (κ1) is 13.5. The van der Waals surface area contributed by atoms with E-state index in [9.17, 15) is 14.4 Å². The monoisotopic (exact) mass is 243 g/mol. The van der Waals surface area contributed by atoms with Crippen LogP contribution in [-0.2, 0) is 14.3 Å². The van der Waals surface area contributed by atoms with Crippen LogP contribution in [0.15, 0.2) is 0 Å². The van der Waals surface area contributed by atoms with E-state index < -0.39 is 29.7 Å². The van der Waals surface area contributed by atoms with Crippen LogP contribution in [0.3, 0.4) is 0 Å². The summed E-state index contributed by atoms with van der Waals surface area (Å²) in [6.45, 7) is 5.13. The van der Waals surface area contributed by atoms with Gasteiger partial charge in [-0.2, -0.15) is 0 Å². The Labute approximate surface area is 99.5 Å². The van der Waals surface area contributed by atoms with Gasteiger partial charge in [0.1, 0.15) is 17.9 Å². The molecule has 1 rings (SSSR count). The maximum atomic E-state index is 11.8. The van der Waals surface area contributed by atoms with Crippen LogP contribution in [0.2, 0.25) is 0 Å². The van der Waals surface area contributed by atoms with Gasteiger partial charge in [0.05, 0.1) is 6.04 Å². The third-order valence-electron chi connectivity index (χ3n) is 2.49. The number of likely N-dealkylation sites (tertiary alicyclic amines) is 1. The molecule has 2 atom stereocenters. The van der Waals surface area contributed by atoms with Gasteiger partial charge in [0.2, 0.25) is 0 Å². The van der Waals surface area contributed by atoms with Crippen molar-refractivity contribution in [1.29, 1.82) is 0 Å². The SMILES string of the molecule is CC(C)(C)OC(=O)C1CCC(C=O)N1C(=O)O. The van der Waals surface area contributed by atoms with Gasteiger partial charge in [-0.25, -0.2) is 9.59 Å². The van der Waals surface area contributed by atoms with Crippen molar-refractivity contribution in [2.75, 3.05) is 0 Å². The first-order valence-corrected chi connectivity index (χ1v) is 5.45. The summed E-state index contributed by atoms with van der Waals surface area (Å²) in [7, 11) is 0. The fourth-order valence-electron chi connectivity index (χ4n) is 1.85. The lowest BCUT2D eigenvalue weighted by Gasteiger charge is -2.27. The van der Waals surface area contributed by atoms with Crippen LogP contribution < -0.4 is 0 Å². The Morgan fingerprint density at radius 3 is 2.35 bits per heavy atom. The smallest absolute Gasteiger partial charge is 0.408 e. The van der Waals surface area contributed by atoms with Gasteiger partial charge in [-0.15, -0.1) is 0 Å². The van der Waals surface area contributed by atoms with E-state index in [1.54, 1.807) is 20.8 Å². The number of amides is 1. The van der Waals surface area contributed by atoms with Crippen molar-refractivity contribution >= 4 is 18.3 Å². The first-order chi connectivity index (χ1) is 7.76. The molecule has 0 aliphatic carbocycles. The summed E-state index contributed by atoms with van der Waals surface area (Å²) in [5.74, 6) is -0.593. The molecule has 1 N–H and O–H groups in total. The molecule has 0 bridgehead atoms. The number of carboxylic acid groups (broad SMARTS) is 1. The Morgan fingerprint density at radius 1 is 1.35 bits per heavy atom. The van der Waals surface area contributed by atoms with E-state index in [1.807, 2.05) is 0 Å². The maximum Gasteiger partial charge on any atom is 0.408 e. The van der Waals surface area contributed by atoms with Gasteiger partial charge in [0.25, 0.3) is 0 Å². The predicted molar refractivity (Wildman–Crippen MR) is 58.6 cm³/mol. The van der Waals surface area contributed by atoms with Gasteiger partial charge in [-0.05, 0) is 33.6 Å². The van der Waals surface area contributed by atoms with Gasteiger partial charge >= 0.3 is 12.1 Å². The van der Waals surface area contributed by atoms with Crippen LogP contribution in [-0.4, -0.2) is 46.0 Å². The zero-order chi connectivity index (χ0) is 13.2. The first-order valence-electron chi connectivity index (χ1n) is 5.45. The number of hydrogen-bond acceptors (Lipinski definition) is 4. The third-order valence-corrected chi connectivity index (χ3v) is 2.49. The van der Waals surface area contributed by atoms with Crippen molar-refractivity contribution in [1.82, 2.24) is 4.90 Å². The predicted octanol–water partition coefficient (Wildman–Crippen LogP) is 1.04. The second-order valence-corrected chi connectivity index (χ2v) is 5.02. The molecule has 96 valence electrons. The topological polar surface area (TPSA) is 83.9 Å². The minimum atomic E-state index is -1.27. The van der Waals surface area contributed by atoms with Gasteiger partial charge < -0.3 is 14.6 Å². The zero-order valence-electron chi connectivity index (χ0n) is 10.2. The number of carbonyl (C=O) groups excluding carboxylic acids is 2. The lowest BCUT2D eigenvalue weighted by Crippen LogP contribution is -2.46. The summed E-state index contributed by atoms with van der Waals surface area (Å²) in [4.78, 5) is 34.4. The third kappa shape index (κ3) is 3.18. The summed E-state index contributed by atoms with van der Waals surface area (Å²) in [6.07, 6.45) is -0.0292. The van der Waals surface area contributed by atoms with Gasteiger partial charge in [0.15, 0.2) is 0 Å². The lowest BCUT2D eigenvalue weighted by atomic mass is 10.1. The van der Waals surface area contributed by atoms with E-state index in [2.05, 4.69) is 0 Å². The van der Waals surface area contributed by atoms with Crippen molar-refractivity contribution in [3.8, 4) is 0 Å². The molecule has 0 spiro atoms. The number of nitrogens with zero attached hydrogens (tertiary/aromatic N) is 1. The summed E-state index contributed by atoms with van der Waals surface area (Å²) < 4.78 is 5.14. The van der Waals surface area contributed by atoms with Crippen LogP contribution in [0.25, 0.3) is 0 Å². The molecule has 0 aromatic carbocycles. The minimum Gasteiger partial charge on any atom is -0.465 e. The van der Waals surface area contributed by atoms with Crippen LogP contribution in [0.5, 0.6) is 0 Å². The normalized spacial score (nSPS) is 24.5. The molecule has 1 aliphatic heterocycles. The molecule has 1 saturated heterocycles. The van der Waals surface area contributed by atoms with Crippen molar-refractivity contribution in [2.45, 2.75) is 51.3 Å². The number of esters is 1. The van der Waals surface area contributed by atoms with E-state index in [0.717, 1.165) is 4.90 Å². The van der Waals surface area contributed by atoms with Crippen molar-refractivity contribution in [3.05, 3.63) is 0 Å². The maximum absolute atomic E-state index is 11.8. The fraction of sp³-hybridized carbons (Fsp3) is 0.727. The molecule has 1 aliphatic rings. The quantitative estimate of drug-likeness (QED) is 0.578. The van der Waals surface area contributed by atoms with Gasteiger partial charge in [-0.1, -0.05) is 0 Å². The number of rotatable bonds is 2. The number of aldehydes is 1. The zero-order valence-corrected chi connectivity index (χ0v) is 10.2. The molecule has 0 saturated carbocycles. The standard InChI is InChI=1S/C11H17NO5/c1-11(2,3)17-9(14)8-5-4-7(6-13)12(8)10(15)16/h6-8H,4-5H2,1-3H3,(H,15,16). The van der Waals surface area contributed by atoms with E-state index in [1.165, 1.54) is 0 Å². The Bertz CT molecular complexity index is 333. The molecule has 0 aromatic heterocycles. The number of hydrogen-bond donors (Lipinski definition) is 1. The summed E-state index contributed by atoms with van der Waals surface area (Å²) in [6, 6.07) is -1.62. The van der Waals surface area contributed by atoms with Crippen molar-refractivity contribution in [3.63, 3.8) is 0 Å². The average Bonchev–Trinajstić information content (AvgIpc) is 2.57. The van der Waals surface area contributed by atoms with Gasteiger partial charge in [-0.3, -0.25) is 4.90 Å². The molecule has 1 fully saturated rings. The van der Waals surface area contributed by atoms with E-state index in [0.29, 0.717) is 19.1 Å². The highest BCUT2D eigenvalue weighted by molar-refractivity contribution is 5.84. The van der Waals surface area contributed by atoms with Crippen LogP contribution in [0.1, 0.15) is 33.6 Å². The van der Waals surface area contributed by atoms with Crippen LogP contribution in [0, 0.1) is 0 Å². The van der Waals surface area contributed by atoms with Crippen LogP contribution in [0.4, 0.5) is 4.79 Å². The molecule has 0 radical (unpaired) electrons.